The topological polar surface area (TPSA) is 135 Å². The van der Waals surface area contributed by atoms with Gasteiger partial charge in [0.05, 0.1) is 47.4 Å². The van der Waals surface area contributed by atoms with Crippen LogP contribution in [-0.4, -0.2) is 85.5 Å². The lowest BCUT2D eigenvalue weighted by Crippen LogP contribution is -2.52. The molecule has 1 aliphatic carbocycles. The van der Waals surface area contributed by atoms with Crippen molar-refractivity contribution in [3.05, 3.63) is 34.5 Å². The number of thiophene rings is 1. The summed E-state index contributed by atoms with van der Waals surface area (Å²) in [5.74, 6) is -0.540. The number of halogens is 2. The Balaban J connectivity index is 0.00000108. The van der Waals surface area contributed by atoms with Gasteiger partial charge >= 0.3 is 6.01 Å². The number of ether oxygens (including phenoxy) is 3. The Hall–Kier alpha value is -3.74. The van der Waals surface area contributed by atoms with E-state index in [-0.39, 0.29) is 74.1 Å². The maximum Gasteiger partial charge on any atom is 0.319 e. The van der Waals surface area contributed by atoms with Gasteiger partial charge in [-0.3, -0.25) is 4.98 Å². The van der Waals surface area contributed by atoms with E-state index in [2.05, 4.69) is 30.9 Å². The first-order valence-electron chi connectivity index (χ1n) is 16.5. The number of piperazine rings is 1. The third-order valence-electron chi connectivity index (χ3n) is 10.4. The highest BCUT2D eigenvalue weighted by Gasteiger charge is 2.46. The first kappa shape index (κ1) is 31.5. The first-order valence-corrected chi connectivity index (χ1v) is 17.3. The van der Waals surface area contributed by atoms with Crippen LogP contribution >= 0.6 is 11.3 Å². The number of fused-ring (bicyclic) bond motifs is 6. The molecule has 48 heavy (non-hydrogen) atoms. The molecule has 4 aromatic rings. The Morgan fingerprint density at radius 3 is 2.52 bits per heavy atom. The highest BCUT2D eigenvalue weighted by atomic mass is 32.1. The zero-order chi connectivity index (χ0) is 33.2. The maximum absolute atomic E-state index is 17.2. The highest BCUT2D eigenvalue weighted by molar-refractivity contribution is 7.23. The Kier molecular flexibility index (Phi) is 8.08. The Morgan fingerprint density at radius 2 is 1.85 bits per heavy atom. The van der Waals surface area contributed by atoms with Crippen LogP contribution in [0, 0.1) is 28.4 Å². The van der Waals surface area contributed by atoms with Crippen molar-refractivity contribution in [3.63, 3.8) is 0 Å². The number of benzene rings is 1. The van der Waals surface area contributed by atoms with Gasteiger partial charge in [0.25, 0.3) is 0 Å². The third-order valence-corrected chi connectivity index (χ3v) is 11.4. The van der Waals surface area contributed by atoms with Gasteiger partial charge in [-0.15, -0.1) is 11.3 Å². The predicted octanol–water partition coefficient (Wildman–Crippen LogP) is 4.74. The molecular weight excluding hydrogens is 638 g/mol. The molecule has 0 amide bonds. The van der Waals surface area contributed by atoms with E-state index < -0.39 is 11.6 Å². The number of nitrogens with two attached hydrogens (primary N) is 1. The molecule has 0 radical (unpaired) electrons. The molecule has 3 N–H and O–H groups in total. The number of aromatic nitrogens is 3. The van der Waals surface area contributed by atoms with Crippen LogP contribution in [0.2, 0.25) is 0 Å². The fraction of sp³-hybridized carbons (Fsp3) is 0.529. The second-order valence-electron chi connectivity index (χ2n) is 13.6. The zero-order valence-electron chi connectivity index (χ0n) is 27.1. The normalized spacial score (nSPS) is 22.3. The lowest BCUT2D eigenvalue weighted by Gasteiger charge is -2.37. The van der Waals surface area contributed by atoms with E-state index in [4.69, 9.17) is 25.2 Å². The second kappa shape index (κ2) is 12.3. The van der Waals surface area contributed by atoms with Crippen molar-refractivity contribution in [3.8, 4) is 23.3 Å². The van der Waals surface area contributed by atoms with Crippen LogP contribution in [0.15, 0.2) is 6.20 Å². The van der Waals surface area contributed by atoms with E-state index in [0.29, 0.717) is 23.4 Å². The minimum absolute atomic E-state index is 0.0820. The van der Waals surface area contributed by atoms with Crippen molar-refractivity contribution >= 4 is 43.1 Å². The molecule has 5 aliphatic rings. The zero-order valence-corrected chi connectivity index (χ0v) is 27.9. The molecule has 11 nitrogen and oxygen atoms in total. The third kappa shape index (κ3) is 5.14. The molecule has 4 fully saturated rings. The average Bonchev–Trinajstić information content (AvgIpc) is 3.37. The Bertz CT molecular complexity index is 1940. The van der Waals surface area contributed by atoms with Crippen LogP contribution < -0.4 is 20.7 Å². The van der Waals surface area contributed by atoms with Gasteiger partial charge in [-0.2, -0.15) is 15.2 Å². The van der Waals surface area contributed by atoms with E-state index in [0.717, 1.165) is 81.5 Å². The average molecular weight is 677 g/mol. The molecule has 2 atom stereocenters. The molecule has 2 bridgehead atoms. The molecule has 0 spiro atoms. The number of likely N-dealkylation sites (tertiary alicyclic amines) is 1. The fourth-order valence-electron chi connectivity index (χ4n) is 7.76. The van der Waals surface area contributed by atoms with Crippen LogP contribution in [-0.2, 0) is 22.7 Å². The summed E-state index contributed by atoms with van der Waals surface area (Å²) in [6.45, 7) is 5.76. The second-order valence-corrected chi connectivity index (χ2v) is 14.6. The van der Waals surface area contributed by atoms with Gasteiger partial charge in [0.15, 0.2) is 11.6 Å². The van der Waals surface area contributed by atoms with E-state index in [1.54, 1.807) is 14.2 Å². The Labute approximate surface area is 281 Å². The number of rotatable bonds is 7. The molecule has 2 unspecified atom stereocenters. The van der Waals surface area contributed by atoms with E-state index in [1.807, 2.05) is 0 Å². The molecule has 4 aliphatic heterocycles. The molecular formula is C34H38F2N8O3S. The number of nitrogen functional groups attached to an aromatic ring is 1. The summed E-state index contributed by atoms with van der Waals surface area (Å²) in [7, 11) is 3.25. The van der Waals surface area contributed by atoms with Crippen molar-refractivity contribution in [2.45, 2.75) is 57.4 Å². The minimum atomic E-state index is -0.610. The van der Waals surface area contributed by atoms with Gasteiger partial charge in [0, 0.05) is 62.3 Å². The molecule has 1 aromatic carbocycles. The van der Waals surface area contributed by atoms with Crippen LogP contribution in [0.1, 0.15) is 48.8 Å². The van der Waals surface area contributed by atoms with Crippen molar-refractivity contribution in [1.82, 2.24) is 25.2 Å². The number of nitrogens with zero attached hydrogens (tertiary/aromatic N) is 6. The number of anilines is 2. The van der Waals surface area contributed by atoms with Crippen molar-refractivity contribution in [2.75, 3.05) is 64.2 Å². The van der Waals surface area contributed by atoms with Crippen molar-refractivity contribution in [1.29, 1.82) is 5.26 Å². The smallest absolute Gasteiger partial charge is 0.319 e. The first-order chi connectivity index (χ1) is 23.4. The van der Waals surface area contributed by atoms with Crippen LogP contribution in [0.5, 0.6) is 6.01 Å². The molecule has 3 saturated heterocycles. The van der Waals surface area contributed by atoms with Crippen LogP contribution in [0.3, 0.4) is 0 Å². The number of nitrogens with one attached hydrogen (secondary N) is 1. The Morgan fingerprint density at radius 1 is 1.12 bits per heavy atom. The van der Waals surface area contributed by atoms with E-state index in [9.17, 15) is 9.65 Å². The molecule has 9 rings (SSSR count). The highest BCUT2D eigenvalue weighted by Crippen LogP contribution is 2.49. The largest absolute Gasteiger partial charge is 0.463 e. The van der Waals surface area contributed by atoms with Crippen molar-refractivity contribution < 1.29 is 23.0 Å². The lowest BCUT2D eigenvalue weighted by molar-refractivity contribution is 0.111. The number of methoxy groups -OCH3 is 1. The quantitative estimate of drug-likeness (QED) is 0.281. The maximum atomic E-state index is 17.2. The fourth-order valence-corrected chi connectivity index (χ4v) is 8.68. The van der Waals surface area contributed by atoms with Gasteiger partial charge in [0.1, 0.15) is 22.4 Å². The molecule has 3 aromatic heterocycles. The summed E-state index contributed by atoms with van der Waals surface area (Å²) in [4.78, 5) is 18.9. The minimum Gasteiger partial charge on any atom is -0.463 e. The summed E-state index contributed by atoms with van der Waals surface area (Å²) in [6, 6.07) is 2.68. The standard InChI is InChI=1S/C32H32F2N8O2S.C2H6O/c33-21-11-38-26(23-18(8-35)29(36)45-28(21)23)22-19-12-43-13-20(19)24-27(25(22)34)39-31(44-15-32(4-5-32)14-41-6-1-7-41)40-30(24)42-16-2-3-17(42)10-37-9-16;1-3-2/h11,16-17,37H,1-7,9-10,12-15,36H2;1-2H3. The number of hydrogen-bond donors (Lipinski definition) is 2. The monoisotopic (exact) mass is 676 g/mol. The summed E-state index contributed by atoms with van der Waals surface area (Å²) in [5.41, 5.74) is 8.14. The molecule has 252 valence electrons. The number of nitriles is 1. The van der Waals surface area contributed by atoms with Crippen LogP contribution in [0.25, 0.3) is 32.2 Å². The van der Waals surface area contributed by atoms with Crippen LogP contribution in [0.4, 0.5) is 19.6 Å². The summed E-state index contributed by atoms with van der Waals surface area (Å²) < 4.78 is 48.9. The van der Waals surface area contributed by atoms with E-state index >= 15 is 4.39 Å². The molecule has 1 saturated carbocycles. The predicted molar refractivity (Wildman–Crippen MR) is 179 cm³/mol. The summed E-state index contributed by atoms with van der Waals surface area (Å²) >= 11 is 0.962. The van der Waals surface area contributed by atoms with Gasteiger partial charge in [-0.1, -0.05) is 0 Å². The SMILES string of the molecule is COC.N#Cc1c(N)sc2c(F)cnc(-c3c4c(c5c(N6C7CCC6CNC7)nc(OCC6(CN7CCC7)CC6)nc5c3F)COC4)c12. The number of hydrogen-bond acceptors (Lipinski definition) is 12. The molecule has 14 heteroatoms. The van der Waals surface area contributed by atoms with Crippen molar-refractivity contribution in [2.24, 2.45) is 5.41 Å². The summed E-state index contributed by atoms with van der Waals surface area (Å²) in [5, 5.41) is 14.5. The lowest BCUT2D eigenvalue weighted by atomic mass is 9.93. The van der Waals surface area contributed by atoms with Gasteiger partial charge < -0.3 is 35.1 Å². The number of pyridine rings is 1. The molecule has 7 heterocycles. The summed E-state index contributed by atoms with van der Waals surface area (Å²) in [6.07, 6.45) is 6.52. The van der Waals surface area contributed by atoms with Gasteiger partial charge in [-0.25, -0.2) is 8.78 Å². The van der Waals surface area contributed by atoms with Gasteiger partial charge in [0.2, 0.25) is 0 Å². The van der Waals surface area contributed by atoms with Gasteiger partial charge in [-0.05, 0) is 56.3 Å². The van der Waals surface area contributed by atoms with E-state index in [1.165, 1.54) is 6.42 Å².